The van der Waals surface area contributed by atoms with Crippen LogP contribution in [-0.2, 0) is 16.1 Å². The molecule has 0 spiro atoms. The summed E-state index contributed by atoms with van der Waals surface area (Å²) in [6, 6.07) is 9.56. The third kappa shape index (κ3) is 5.84. The zero-order valence-electron chi connectivity index (χ0n) is 14.1. The molecule has 1 amide bonds. The Bertz CT molecular complexity index is 635. The van der Waals surface area contributed by atoms with Crippen LogP contribution in [0.1, 0.15) is 0 Å². The third-order valence-electron chi connectivity index (χ3n) is 3.88. The van der Waals surface area contributed by atoms with Crippen molar-refractivity contribution in [1.82, 2.24) is 25.0 Å². The van der Waals surface area contributed by atoms with Crippen molar-refractivity contribution in [2.45, 2.75) is 12.6 Å². The van der Waals surface area contributed by atoms with Crippen LogP contribution >= 0.6 is 0 Å². The van der Waals surface area contributed by atoms with Gasteiger partial charge in [0.2, 0.25) is 5.91 Å². The van der Waals surface area contributed by atoms with Crippen LogP contribution in [0.2, 0.25) is 0 Å². The summed E-state index contributed by atoms with van der Waals surface area (Å²) in [5.74, 6) is 0.805. The van der Waals surface area contributed by atoms with Crippen LogP contribution in [0.5, 0.6) is 5.75 Å². The van der Waals surface area contributed by atoms with Crippen LogP contribution in [0.4, 0.5) is 0 Å². The van der Waals surface area contributed by atoms with Gasteiger partial charge in [-0.05, 0) is 12.1 Å². The minimum Gasteiger partial charge on any atom is -0.492 e. The summed E-state index contributed by atoms with van der Waals surface area (Å²) in [5, 5.41) is 6.97. The van der Waals surface area contributed by atoms with E-state index in [0.717, 1.165) is 12.3 Å². The highest BCUT2D eigenvalue weighted by Gasteiger charge is 2.22. The second-order valence-corrected chi connectivity index (χ2v) is 5.86. The fraction of sp³-hybridized carbons (Fsp3) is 0.471. The van der Waals surface area contributed by atoms with Crippen LogP contribution in [-0.4, -0.2) is 71.1 Å². The Labute approximate surface area is 146 Å². The molecule has 2 heterocycles. The van der Waals surface area contributed by atoms with Crippen LogP contribution in [0.3, 0.4) is 0 Å². The van der Waals surface area contributed by atoms with E-state index >= 15 is 0 Å². The predicted molar refractivity (Wildman–Crippen MR) is 91.1 cm³/mol. The average molecular weight is 345 g/mol. The number of amides is 1. The zero-order chi connectivity index (χ0) is 17.3. The highest BCUT2D eigenvalue weighted by molar-refractivity contribution is 5.78. The van der Waals surface area contributed by atoms with Crippen molar-refractivity contribution in [3.05, 3.63) is 43.0 Å². The topological polar surface area (TPSA) is 81.5 Å². The average Bonchev–Trinajstić information content (AvgIpc) is 3.13. The molecule has 0 aliphatic carbocycles. The normalized spacial score (nSPS) is 18.0. The molecule has 8 heteroatoms. The largest absolute Gasteiger partial charge is 0.492 e. The Morgan fingerprint density at radius 3 is 3.04 bits per heavy atom. The molecule has 134 valence electrons. The van der Waals surface area contributed by atoms with E-state index in [1.54, 1.807) is 11.0 Å². The summed E-state index contributed by atoms with van der Waals surface area (Å²) in [5.41, 5.74) is 0. The molecule has 0 radical (unpaired) electrons. The lowest BCUT2D eigenvalue weighted by molar-refractivity contribution is -0.124. The molecule has 1 N–H and O–H groups in total. The minimum absolute atomic E-state index is 0.00179. The molecule has 25 heavy (non-hydrogen) atoms. The second-order valence-electron chi connectivity index (χ2n) is 5.86. The van der Waals surface area contributed by atoms with Gasteiger partial charge in [0.25, 0.3) is 0 Å². The maximum Gasteiger partial charge on any atom is 0.234 e. The number of aromatic nitrogens is 3. The Hall–Kier alpha value is -2.45. The number of nitrogens with zero attached hydrogens (tertiary/aromatic N) is 4. The lowest BCUT2D eigenvalue weighted by Crippen LogP contribution is -2.48. The fourth-order valence-corrected chi connectivity index (χ4v) is 2.71. The van der Waals surface area contributed by atoms with Gasteiger partial charge in [-0.1, -0.05) is 18.2 Å². The van der Waals surface area contributed by atoms with E-state index in [2.05, 4.69) is 20.3 Å². The number of carbonyl (C=O) groups is 1. The number of nitrogens with one attached hydrogen (secondary N) is 1. The molecule has 8 nitrogen and oxygen atoms in total. The molecule has 0 saturated carbocycles. The molecule has 1 aliphatic rings. The van der Waals surface area contributed by atoms with Gasteiger partial charge in [-0.3, -0.25) is 14.4 Å². The van der Waals surface area contributed by atoms with Gasteiger partial charge in [0, 0.05) is 13.1 Å². The first-order valence-corrected chi connectivity index (χ1v) is 8.40. The number of morpholine rings is 1. The lowest BCUT2D eigenvalue weighted by Gasteiger charge is -2.32. The Kier molecular flexibility index (Phi) is 6.35. The number of ether oxygens (including phenoxy) is 2. The van der Waals surface area contributed by atoms with Crippen molar-refractivity contribution in [2.75, 3.05) is 39.4 Å². The number of benzene rings is 1. The molecule has 1 aromatic heterocycles. The minimum atomic E-state index is -0.00179. The first-order chi connectivity index (χ1) is 12.3. The highest BCUT2D eigenvalue weighted by atomic mass is 16.5. The van der Waals surface area contributed by atoms with Crippen molar-refractivity contribution in [3.63, 3.8) is 0 Å². The van der Waals surface area contributed by atoms with E-state index in [9.17, 15) is 4.79 Å². The number of rotatable bonds is 8. The molecular formula is C17H23N5O3. The maximum absolute atomic E-state index is 12.1. The monoisotopic (exact) mass is 345 g/mol. The number of hydrogen-bond donors (Lipinski definition) is 1. The summed E-state index contributed by atoms with van der Waals surface area (Å²) >= 11 is 0. The third-order valence-corrected chi connectivity index (χ3v) is 3.88. The Morgan fingerprint density at radius 2 is 2.24 bits per heavy atom. The Morgan fingerprint density at radius 1 is 1.36 bits per heavy atom. The number of para-hydroxylation sites is 1. The molecule has 3 rings (SSSR count). The van der Waals surface area contributed by atoms with Gasteiger partial charge >= 0.3 is 0 Å². The van der Waals surface area contributed by atoms with Gasteiger partial charge in [0.15, 0.2) is 0 Å². The van der Waals surface area contributed by atoms with Crippen LogP contribution in [0, 0.1) is 0 Å². The molecule has 1 saturated heterocycles. The standard InChI is InChI=1S/C17H23N5O3/c23-17(19-6-8-24-15-4-2-1-3-5-15)12-21-7-9-25-16(10-21)11-22-14-18-13-20-22/h1-5,13-14,16H,6-12H2,(H,19,23)/t16-/m1/s1. The van der Waals surface area contributed by atoms with Gasteiger partial charge in [-0.25, -0.2) is 4.98 Å². The van der Waals surface area contributed by atoms with Crippen molar-refractivity contribution < 1.29 is 14.3 Å². The van der Waals surface area contributed by atoms with Gasteiger partial charge in [-0.2, -0.15) is 5.10 Å². The molecule has 1 aromatic carbocycles. The molecule has 2 aromatic rings. The summed E-state index contributed by atoms with van der Waals surface area (Å²) < 4.78 is 13.0. The molecule has 1 atom stereocenters. The van der Waals surface area contributed by atoms with Gasteiger partial charge in [0.1, 0.15) is 25.0 Å². The molecule has 1 aliphatic heterocycles. The van der Waals surface area contributed by atoms with Gasteiger partial charge in [-0.15, -0.1) is 0 Å². The Balaban J connectivity index is 1.33. The van der Waals surface area contributed by atoms with E-state index in [1.165, 1.54) is 6.33 Å². The second kappa shape index (κ2) is 9.14. The van der Waals surface area contributed by atoms with Crippen molar-refractivity contribution in [3.8, 4) is 5.75 Å². The van der Waals surface area contributed by atoms with E-state index in [0.29, 0.717) is 39.4 Å². The molecule has 1 fully saturated rings. The SMILES string of the molecule is O=C(CN1CCO[C@@H](Cn2cncn2)C1)NCCOc1ccccc1. The van der Waals surface area contributed by atoms with Crippen LogP contribution < -0.4 is 10.1 Å². The number of hydrogen-bond acceptors (Lipinski definition) is 6. The predicted octanol–water partition coefficient (Wildman–Crippen LogP) is 0.174. The van der Waals surface area contributed by atoms with Crippen molar-refractivity contribution in [1.29, 1.82) is 0 Å². The van der Waals surface area contributed by atoms with E-state index in [-0.39, 0.29) is 12.0 Å². The van der Waals surface area contributed by atoms with E-state index < -0.39 is 0 Å². The van der Waals surface area contributed by atoms with E-state index in [1.807, 2.05) is 30.3 Å². The first kappa shape index (κ1) is 17.4. The maximum atomic E-state index is 12.1. The van der Waals surface area contributed by atoms with Gasteiger partial charge < -0.3 is 14.8 Å². The fourth-order valence-electron chi connectivity index (χ4n) is 2.71. The van der Waals surface area contributed by atoms with E-state index in [4.69, 9.17) is 9.47 Å². The van der Waals surface area contributed by atoms with Crippen molar-refractivity contribution in [2.24, 2.45) is 0 Å². The zero-order valence-corrected chi connectivity index (χ0v) is 14.1. The molecular weight excluding hydrogens is 322 g/mol. The number of carbonyl (C=O) groups excluding carboxylic acids is 1. The quantitative estimate of drug-likeness (QED) is 0.687. The van der Waals surface area contributed by atoms with Crippen molar-refractivity contribution >= 4 is 5.91 Å². The first-order valence-electron chi connectivity index (χ1n) is 8.40. The highest BCUT2D eigenvalue weighted by Crippen LogP contribution is 2.08. The molecule has 0 unspecified atom stereocenters. The lowest BCUT2D eigenvalue weighted by atomic mass is 10.2. The summed E-state index contributed by atoms with van der Waals surface area (Å²) in [6.07, 6.45) is 3.19. The van der Waals surface area contributed by atoms with Gasteiger partial charge in [0.05, 0.1) is 32.3 Å². The molecule has 0 bridgehead atoms. The smallest absolute Gasteiger partial charge is 0.234 e. The van der Waals surface area contributed by atoms with Crippen LogP contribution in [0.25, 0.3) is 0 Å². The van der Waals surface area contributed by atoms with Crippen LogP contribution in [0.15, 0.2) is 43.0 Å². The summed E-state index contributed by atoms with van der Waals surface area (Å²) in [7, 11) is 0. The summed E-state index contributed by atoms with van der Waals surface area (Å²) in [6.45, 7) is 4.01. The summed E-state index contributed by atoms with van der Waals surface area (Å²) in [4.78, 5) is 18.1.